The molecule has 0 unspecified atom stereocenters. The Morgan fingerprint density at radius 1 is 1.21 bits per heavy atom. The van der Waals surface area contributed by atoms with E-state index in [2.05, 4.69) is 15.6 Å². The summed E-state index contributed by atoms with van der Waals surface area (Å²) in [6.07, 6.45) is 1.57. The molecule has 9 heteroatoms. The molecule has 0 saturated heterocycles. The third-order valence-electron chi connectivity index (χ3n) is 2.09. The number of rotatable bonds is 3. The molecule has 100 valence electrons. The van der Waals surface area contributed by atoms with E-state index in [1.54, 1.807) is 11.6 Å². The van der Waals surface area contributed by atoms with Crippen molar-refractivity contribution in [3.8, 4) is 0 Å². The van der Waals surface area contributed by atoms with Crippen molar-refractivity contribution >= 4 is 38.2 Å². The molecule has 2 rings (SSSR count). The summed E-state index contributed by atoms with van der Waals surface area (Å²) in [7, 11) is -3.73. The molecule has 1 aromatic carbocycles. The highest BCUT2D eigenvalue weighted by molar-refractivity contribution is 7.89. The van der Waals surface area contributed by atoms with Gasteiger partial charge in [-0.2, -0.15) is 0 Å². The van der Waals surface area contributed by atoms with Gasteiger partial charge in [0.15, 0.2) is 5.13 Å². The lowest BCUT2D eigenvalue weighted by atomic mass is 10.3. The van der Waals surface area contributed by atoms with E-state index in [0.717, 1.165) is 0 Å². The van der Waals surface area contributed by atoms with Crippen molar-refractivity contribution in [3.05, 3.63) is 35.8 Å². The van der Waals surface area contributed by atoms with Crippen LogP contribution >= 0.6 is 11.3 Å². The van der Waals surface area contributed by atoms with Crippen molar-refractivity contribution < 1.29 is 13.2 Å². The first-order valence-corrected chi connectivity index (χ1v) is 7.48. The zero-order chi connectivity index (χ0) is 13.9. The number of amides is 2. The van der Waals surface area contributed by atoms with Crippen molar-refractivity contribution in [2.45, 2.75) is 4.90 Å². The molecular weight excluding hydrogens is 288 g/mol. The fraction of sp³-hybridized carbons (Fsp3) is 0. The van der Waals surface area contributed by atoms with Crippen LogP contribution in [-0.2, 0) is 10.0 Å². The molecule has 0 atom stereocenters. The Balaban J connectivity index is 2.02. The summed E-state index contributed by atoms with van der Waals surface area (Å²) in [4.78, 5) is 15.4. The van der Waals surface area contributed by atoms with Crippen LogP contribution in [0, 0.1) is 0 Å². The van der Waals surface area contributed by atoms with Gasteiger partial charge in [0.05, 0.1) is 4.90 Å². The molecular formula is C10H10N4O3S2. The van der Waals surface area contributed by atoms with Crippen molar-refractivity contribution in [3.63, 3.8) is 0 Å². The van der Waals surface area contributed by atoms with Crippen LogP contribution < -0.4 is 15.8 Å². The summed E-state index contributed by atoms with van der Waals surface area (Å²) >= 11 is 1.29. The molecule has 0 spiro atoms. The lowest BCUT2D eigenvalue weighted by Crippen LogP contribution is -2.19. The third kappa shape index (κ3) is 3.74. The lowest BCUT2D eigenvalue weighted by Gasteiger charge is -2.05. The monoisotopic (exact) mass is 298 g/mol. The summed E-state index contributed by atoms with van der Waals surface area (Å²) in [5.41, 5.74) is 0.446. The quantitative estimate of drug-likeness (QED) is 0.795. The van der Waals surface area contributed by atoms with Gasteiger partial charge in [-0.15, -0.1) is 11.3 Å². The zero-order valence-electron chi connectivity index (χ0n) is 9.53. The minimum atomic E-state index is -3.73. The number of carbonyl (C=O) groups is 1. The van der Waals surface area contributed by atoms with Gasteiger partial charge in [-0.1, -0.05) is 0 Å². The number of nitrogens with two attached hydrogens (primary N) is 1. The second-order valence-corrected chi connectivity index (χ2v) is 5.94. The van der Waals surface area contributed by atoms with Crippen molar-refractivity contribution in [1.82, 2.24) is 4.98 Å². The van der Waals surface area contributed by atoms with Crippen LogP contribution in [0.15, 0.2) is 40.7 Å². The van der Waals surface area contributed by atoms with Gasteiger partial charge < -0.3 is 5.32 Å². The summed E-state index contributed by atoms with van der Waals surface area (Å²) < 4.78 is 22.1. The number of primary sulfonamides is 1. The molecule has 7 nitrogen and oxygen atoms in total. The molecule has 2 amide bonds. The Kier molecular flexibility index (Phi) is 3.79. The zero-order valence-corrected chi connectivity index (χ0v) is 11.2. The van der Waals surface area contributed by atoms with Gasteiger partial charge in [0.2, 0.25) is 10.0 Å². The Hall–Kier alpha value is -1.97. The summed E-state index contributed by atoms with van der Waals surface area (Å²) in [5.74, 6) is 0. The predicted molar refractivity (Wildman–Crippen MR) is 72.6 cm³/mol. The van der Waals surface area contributed by atoms with Gasteiger partial charge in [-0.3, -0.25) is 5.32 Å². The second kappa shape index (κ2) is 5.34. The molecule has 0 aliphatic heterocycles. The van der Waals surface area contributed by atoms with Crippen LogP contribution in [0.2, 0.25) is 0 Å². The van der Waals surface area contributed by atoms with Crippen LogP contribution in [0.5, 0.6) is 0 Å². The predicted octanol–water partition coefficient (Wildman–Crippen LogP) is 1.43. The van der Waals surface area contributed by atoms with Crippen LogP contribution in [0.1, 0.15) is 0 Å². The first-order chi connectivity index (χ1) is 8.95. The minimum absolute atomic E-state index is 0.0154. The van der Waals surface area contributed by atoms with E-state index in [1.807, 2.05) is 0 Å². The van der Waals surface area contributed by atoms with E-state index in [1.165, 1.54) is 35.6 Å². The average molecular weight is 298 g/mol. The van der Waals surface area contributed by atoms with E-state index in [9.17, 15) is 13.2 Å². The van der Waals surface area contributed by atoms with Crippen LogP contribution in [0.3, 0.4) is 0 Å². The molecule has 0 aliphatic carbocycles. The van der Waals surface area contributed by atoms with Crippen molar-refractivity contribution in [2.24, 2.45) is 5.14 Å². The number of hydrogen-bond donors (Lipinski definition) is 3. The van der Waals surface area contributed by atoms with E-state index in [0.29, 0.717) is 10.8 Å². The smallest absolute Gasteiger partial charge is 0.308 e. The molecule has 0 fully saturated rings. The topological polar surface area (TPSA) is 114 Å². The fourth-order valence-electron chi connectivity index (χ4n) is 1.27. The molecule has 19 heavy (non-hydrogen) atoms. The highest BCUT2D eigenvalue weighted by atomic mass is 32.2. The van der Waals surface area contributed by atoms with Crippen LogP contribution in [0.25, 0.3) is 0 Å². The standard InChI is InChI=1S/C10H10N4O3S2/c11-19(16,17)8-3-1-7(2-4-8)13-9(15)14-10-12-5-6-18-10/h1-6H,(H2,11,16,17)(H2,12,13,14,15). The van der Waals surface area contributed by atoms with E-state index in [4.69, 9.17) is 5.14 Å². The number of nitrogens with zero attached hydrogens (tertiary/aromatic N) is 1. The maximum absolute atomic E-state index is 11.6. The average Bonchev–Trinajstić information content (AvgIpc) is 2.81. The Morgan fingerprint density at radius 3 is 2.42 bits per heavy atom. The molecule has 4 N–H and O–H groups in total. The molecule has 0 aliphatic rings. The number of thiazole rings is 1. The lowest BCUT2D eigenvalue weighted by molar-refractivity contribution is 0.262. The number of carbonyl (C=O) groups excluding carboxylic acids is 1. The molecule has 2 aromatic rings. The number of aromatic nitrogens is 1. The highest BCUT2D eigenvalue weighted by Gasteiger charge is 2.08. The van der Waals surface area contributed by atoms with E-state index >= 15 is 0 Å². The van der Waals surface area contributed by atoms with Crippen LogP contribution in [0.4, 0.5) is 15.6 Å². The number of nitrogens with one attached hydrogen (secondary N) is 2. The van der Waals surface area contributed by atoms with E-state index < -0.39 is 16.1 Å². The SMILES string of the molecule is NS(=O)(=O)c1ccc(NC(=O)Nc2nccs2)cc1. The summed E-state index contributed by atoms with van der Waals surface area (Å²) in [5, 5.41) is 12.2. The van der Waals surface area contributed by atoms with E-state index in [-0.39, 0.29) is 4.90 Å². The Morgan fingerprint density at radius 2 is 1.89 bits per heavy atom. The van der Waals surface area contributed by atoms with Gasteiger partial charge >= 0.3 is 6.03 Å². The van der Waals surface area contributed by atoms with Gasteiger partial charge in [0, 0.05) is 17.3 Å². The number of benzene rings is 1. The summed E-state index contributed by atoms with van der Waals surface area (Å²) in [6.45, 7) is 0. The second-order valence-electron chi connectivity index (χ2n) is 3.49. The Bertz CT molecular complexity index is 665. The molecule has 0 bridgehead atoms. The maximum Gasteiger partial charge on any atom is 0.325 e. The number of hydrogen-bond acceptors (Lipinski definition) is 5. The maximum atomic E-state index is 11.6. The summed E-state index contributed by atoms with van der Waals surface area (Å²) in [6, 6.07) is 5.06. The molecule has 1 heterocycles. The molecule has 0 radical (unpaired) electrons. The number of urea groups is 1. The largest absolute Gasteiger partial charge is 0.325 e. The third-order valence-corrected chi connectivity index (χ3v) is 3.71. The van der Waals surface area contributed by atoms with Gasteiger partial charge in [-0.05, 0) is 24.3 Å². The minimum Gasteiger partial charge on any atom is -0.308 e. The first-order valence-electron chi connectivity index (χ1n) is 5.05. The highest BCUT2D eigenvalue weighted by Crippen LogP contribution is 2.14. The van der Waals surface area contributed by atoms with Crippen molar-refractivity contribution in [1.29, 1.82) is 0 Å². The van der Waals surface area contributed by atoms with Crippen molar-refractivity contribution in [2.75, 3.05) is 10.6 Å². The fourth-order valence-corrected chi connectivity index (χ4v) is 2.31. The molecule has 0 saturated carbocycles. The van der Waals surface area contributed by atoms with Gasteiger partial charge in [0.1, 0.15) is 0 Å². The molecule has 1 aromatic heterocycles. The normalized spacial score (nSPS) is 11.0. The van der Waals surface area contributed by atoms with Gasteiger partial charge in [0.25, 0.3) is 0 Å². The van der Waals surface area contributed by atoms with Gasteiger partial charge in [-0.25, -0.2) is 23.3 Å². The first kappa shape index (κ1) is 13.5. The number of anilines is 2. The Labute approximate surface area is 113 Å². The van der Waals surface area contributed by atoms with Crippen LogP contribution in [-0.4, -0.2) is 19.4 Å². The number of sulfonamides is 1.